The number of hydrogen-bond acceptors (Lipinski definition) is 16. The van der Waals surface area contributed by atoms with Crippen LogP contribution >= 0.6 is 46.1 Å². The molecular weight excluding hydrogens is 888 g/mol. The molecule has 3 rings (SSSR count). The number of halogens is 1. The fourth-order valence-electron chi connectivity index (χ4n) is 4.87. The normalized spacial score (nSPS) is 21.2. The lowest BCUT2D eigenvalue weighted by Crippen LogP contribution is -2.33. The van der Waals surface area contributed by atoms with Crippen LogP contribution in [0.25, 0.3) is 11.2 Å². The Morgan fingerprint density at radius 2 is 1.53 bits per heavy atom. The maximum atomic E-state index is 12.7. The monoisotopic (exact) mass is 930 g/mol. The van der Waals surface area contributed by atoms with E-state index in [0.29, 0.717) is 56.3 Å². The number of nitrogens with zero attached hydrogens (tertiary/aromatic N) is 6. The number of phosphoric acid groups is 3. The molecule has 3 heterocycles. The lowest BCUT2D eigenvalue weighted by Gasteiger charge is -2.21. The van der Waals surface area contributed by atoms with Gasteiger partial charge in [-0.15, -0.1) is 0 Å². The van der Waals surface area contributed by atoms with E-state index in [2.05, 4.69) is 38.7 Å². The first-order valence-corrected chi connectivity index (χ1v) is 21.8. The van der Waals surface area contributed by atoms with Crippen LogP contribution in [0, 0.1) is 0 Å². The molecule has 0 saturated carbocycles. The molecule has 1 aliphatic rings. The van der Waals surface area contributed by atoms with E-state index in [9.17, 15) is 48.1 Å². The van der Waals surface area contributed by atoms with Gasteiger partial charge in [0.2, 0.25) is 17.7 Å². The summed E-state index contributed by atoms with van der Waals surface area (Å²) in [6.45, 7) is 0.672. The molecule has 1 saturated heterocycles. The van der Waals surface area contributed by atoms with Gasteiger partial charge in [0.15, 0.2) is 23.2 Å². The van der Waals surface area contributed by atoms with Crippen LogP contribution in [-0.4, -0.2) is 146 Å². The number of fused-ring (bicyclic) bond motifs is 1. The molecule has 0 radical (unpaired) electrons. The predicted molar refractivity (Wildman–Crippen MR) is 190 cm³/mol. The number of aliphatic hydroxyl groups excluding tert-OH is 2. The summed E-state index contributed by atoms with van der Waals surface area (Å²) in [6, 6.07) is 0. The minimum atomic E-state index is -5.77. The first-order valence-electron chi connectivity index (χ1n) is 15.8. The molecule has 24 nitrogen and oxygen atoms in total. The number of anilines is 1. The van der Waals surface area contributed by atoms with Gasteiger partial charge in [0.1, 0.15) is 24.6 Å². The standard InChI is InChI=1S/C25H42IN8O16P3/c1-32(18(36)6-3-8-27-17(35)12-26)10-5-11-33(2)19(37)7-4-9-28-23-20-24(30-14-29-23)34(15-31-20)25-22(39)21(38)16(48-25)13-47-52(43,44)50-53(45,46)49-51(40,41)42/h14-16,21-22,25,38-39H,3-13H2,1-2H3,(H,27,35)(H,43,44)(H,45,46)(H,28,29,30)(H2,40,41,42). The van der Waals surface area contributed by atoms with E-state index in [-0.39, 0.29) is 41.1 Å². The SMILES string of the molecule is CN(CCCN(C)C(=O)CCCNc1ncnc2c1ncn2C1OC(COP(=O)(O)OP(=O)(O)OP(=O)(O)O)C(O)C1O)C(=O)CCCNC(=O)CI. The van der Waals surface area contributed by atoms with Crippen molar-refractivity contribution in [1.82, 2.24) is 34.6 Å². The third-order valence-electron chi connectivity index (χ3n) is 7.50. The maximum absolute atomic E-state index is 12.7. The van der Waals surface area contributed by atoms with Crippen molar-refractivity contribution >= 4 is 80.8 Å². The van der Waals surface area contributed by atoms with Crippen LogP contribution in [0.4, 0.5) is 5.82 Å². The van der Waals surface area contributed by atoms with Crippen LogP contribution in [0.15, 0.2) is 12.7 Å². The Labute approximate surface area is 316 Å². The summed E-state index contributed by atoms with van der Waals surface area (Å²) < 4.78 is 53.4. The number of rotatable bonds is 22. The van der Waals surface area contributed by atoms with Gasteiger partial charge in [-0.25, -0.2) is 28.6 Å². The number of phosphoric ester groups is 1. The summed E-state index contributed by atoms with van der Waals surface area (Å²) in [7, 11) is -13.5. The third kappa shape index (κ3) is 14.4. The van der Waals surface area contributed by atoms with Crippen molar-refractivity contribution in [3.8, 4) is 0 Å². The molecule has 2 aromatic heterocycles. The molecule has 0 aromatic carbocycles. The van der Waals surface area contributed by atoms with Crippen molar-refractivity contribution in [2.24, 2.45) is 0 Å². The van der Waals surface area contributed by atoms with Gasteiger partial charge in [0, 0.05) is 53.1 Å². The molecule has 0 aliphatic carbocycles. The van der Waals surface area contributed by atoms with Crippen molar-refractivity contribution < 1.29 is 75.7 Å². The zero-order chi connectivity index (χ0) is 39.6. The quantitative estimate of drug-likeness (QED) is 0.0323. The van der Waals surface area contributed by atoms with Crippen molar-refractivity contribution in [2.45, 2.75) is 56.6 Å². The van der Waals surface area contributed by atoms with E-state index in [1.165, 1.54) is 17.2 Å². The van der Waals surface area contributed by atoms with Gasteiger partial charge < -0.3 is 55.0 Å². The zero-order valence-corrected chi connectivity index (χ0v) is 33.3. The highest BCUT2D eigenvalue weighted by atomic mass is 127. The fourth-order valence-corrected chi connectivity index (χ4v) is 8.17. The number of aliphatic hydroxyl groups is 2. The van der Waals surface area contributed by atoms with Crippen LogP contribution in [0.1, 0.15) is 38.3 Å². The van der Waals surface area contributed by atoms with Crippen LogP contribution in [0.5, 0.6) is 0 Å². The summed E-state index contributed by atoms with van der Waals surface area (Å²) in [6.07, 6.45) is -1.79. The Morgan fingerprint density at radius 3 is 2.13 bits per heavy atom. The van der Waals surface area contributed by atoms with Gasteiger partial charge in [0.25, 0.3) is 0 Å². The van der Waals surface area contributed by atoms with Crippen LogP contribution < -0.4 is 10.6 Å². The Bertz CT molecular complexity index is 1720. The second-order valence-electron chi connectivity index (χ2n) is 11.6. The highest BCUT2D eigenvalue weighted by Gasteiger charge is 2.47. The first kappa shape index (κ1) is 45.2. The number of imidazole rings is 1. The number of alkyl halides is 1. The number of aromatic nitrogens is 4. The Kier molecular flexibility index (Phi) is 17.1. The molecule has 3 amide bonds. The van der Waals surface area contributed by atoms with E-state index < -0.39 is 54.6 Å². The average Bonchev–Trinajstić information content (AvgIpc) is 3.62. The smallest absolute Gasteiger partial charge is 0.387 e. The average molecular weight is 930 g/mol. The van der Waals surface area contributed by atoms with E-state index in [1.54, 1.807) is 23.9 Å². The molecule has 1 fully saturated rings. The summed E-state index contributed by atoms with van der Waals surface area (Å²) in [5.74, 6) is 0.0679. The molecule has 300 valence electrons. The summed E-state index contributed by atoms with van der Waals surface area (Å²) in [5, 5.41) is 26.9. The minimum Gasteiger partial charge on any atom is -0.387 e. The van der Waals surface area contributed by atoms with Gasteiger partial charge in [-0.3, -0.25) is 23.5 Å². The number of nitrogens with one attached hydrogen (secondary N) is 2. The van der Waals surface area contributed by atoms with Gasteiger partial charge in [-0.2, -0.15) is 8.62 Å². The molecule has 2 aromatic rings. The molecule has 0 bridgehead atoms. The summed E-state index contributed by atoms with van der Waals surface area (Å²) in [4.78, 5) is 88.3. The van der Waals surface area contributed by atoms with E-state index >= 15 is 0 Å². The van der Waals surface area contributed by atoms with Crippen LogP contribution in [0.2, 0.25) is 0 Å². The third-order valence-corrected chi connectivity index (χ3v) is 12.0. The molecule has 6 atom stereocenters. The molecule has 28 heteroatoms. The molecule has 53 heavy (non-hydrogen) atoms. The summed E-state index contributed by atoms with van der Waals surface area (Å²) in [5.41, 5.74) is 0.386. The van der Waals surface area contributed by atoms with Crippen LogP contribution in [-0.2, 0) is 46.0 Å². The Balaban J connectivity index is 1.46. The second kappa shape index (κ2) is 20.1. The van der Waals surface area contributed by atoms with E-state index in [1.807, 2.05) is 22.6 Å². The number of hydrogen-bond donors (Lipinski definition) is 8. The molecule has 1 aliphatic heterocycles. The van der Waals surface area contributed by atoms with Crippen molar-refractivity contribution in [1.29, 1.82) is 0 Å². The van der Waals surface area contributed by atoms with Gasteiger partial charge in [-0.05, 0) is 19.3 Å². The zero-order valence-electron chi connectivity index (χ0n) is 28.4. The van der Waals surface area contributed by atoms with Crippen molar-refractivity contribution in [3.63, 3.8) is 0 Å². The van der Waals surface area contributed by atoms with Crippen molar-refractivity contribution in [2.75, 3.05) is 56.6 Å². The first-order chi connectivity index (χ1) is 24.7. The number of carbonyl (C=O) groups is 3. The lowest BCUT2D eigenvalue weighted by molar-refractivity contribution is -0.130. The Morgan fingerprint density at radius 1 is 0.906 bits per heavy atom. The lowest BCUT2D eigenvalue weighted by atomic mass is 10.1. The molecule has 8 N–H and O–H groups in total. The topological polar surface area (TPSA) is 335 Å². The van der Waals surface area contributed by atoms with Crippen molar-refractivity contribution in [3.05, 3.63) is 12.7 Å². The highest BCUT2D eigenvalue weighted by molar-refractivity contribution is 14.1. The summed E-state index contributed by atoms with van der Waals surface area (Å²) >= 11 is 1.96. The molecule has 6 unspecified atom stereocenters. The molecule has 0 spiro atoms. The minimum absolute atomic E-state index is 0.0427. The number of amides is 3. The van der Waals surface area contributed by atoms with Crippen LogP contribution in [0.3, 0.4) is 0 Å². The highest BCUT2D eigenvalue weighted by Crippen LogP contribution is 2.66. The second-order valence-corrected chi connectivity index (χ2v) is 16.8. The van der Waals surface area contributed by atoms with Gasteiger partial charge in [-0.1, -0.05) is 22.6 Å². The maximum Gasteiger partial charge on any atom is 0.490 e. The number of carbonyl (C=O) groups excluding carboxylic acids is 3. The largest absolute Gasteiger partial charge is 0.490 e. The number of ether oxygens (including phenoxy) is 1. The van der Waals surface area contributed by atoms with Gasteiger partial charge >= 0.3 is 23.5 Å². The molecular formula is C25H42IN8O16P3. The Hall–Kier alpha value is -2.22. The van der Waals surface area contributed by atoms with E-state index in [4.69, 9.17) is 14.5 Å². The predicted octanol–water partition coefficient (Wildman–Crippen LogP) is -0.381. The van der Waals surface area contributed by atoms with E-state index in [0.717, 1.165) is 0 Å². The van der Waals surface area contributed by atoms with Gasteiger partial charge in [0.05, 0.1) is 17.4 Å². The fraction of sp³-hybridized carbons (Fsp3) is 0.680.